The Hall–Kier alpha value is -7.42. The molecule has 0 bridgehead atoms. The first-order valence-electron chi connectivity index (χ1n) is 25.2. The van der Waals surface area contributed by atoms with Crippen LogP contribution in [0.15, 0.2) is 194 Å². The highest BCUT2D eigenvalue weighted by Crippen LogP contribution is 2.56. The lowest BCUT2D eigenvalue weighted by Gasteiger charge is -2.30. The zero-order valence-corrected chi connectivity index (χ0v) is 42.4. The van der Waals surface area contributed by atoms with Crippen LogP contribution in [0.1, 0.15) is 103 Å². The van der Waals surface area contributed by atoms with Crippen molar-refractivity contribution in [3.63, 3.8) is 0 Å². The molecule has 10 aromatic carbocycles. The molecule has 70 heavy (non-hydrogen) atoms. The molecule has 0 aliphatic heterocycles. The number of nitrogens with zero attached hydrogens (tertiary/aromatic N) is 2. The first-order chi connectivity index (χ1) is 33.5. The quantitative estimate of drug-likeness (QED) is 0.164. The van der Waals surface area contributed by atoms with Gasteiger partial charge in [-0.05, 0) is 173 Å². The van der Waals surface area contributed by atoms with Gasteiger partial charge in [-0.1, -0.05) is 178 Å². The second kappa shape index (κ2) is 15.5. The second-order valence-corrected chi connectivity index (χ2v) is 23.1. The Balaban J connectivity index is 0.961. The molecule has 0 fully saturated rings. The van der Waals surface area contributed by atoms with Gasteiger partial charge >= 0.3 is 0 Å². The summed E-state index contributed by atoms with van der Waals surface area (Å²) >= 11 is 0. The predicted molar refractivity (Wildman–Crippen MR) is 301 cm³/mol. The van der Waals surface area contributed by atoms with Crippen molar-refractivity contribution in [2.24, 2.45) is 0 Å². The Morgan fingerprint density at radius 2 is 0.643 bits per heavy atom. The lowest BCUT2D eigenvalue weighted by molar-refractivity contribution is 0.590. The van der Waals surface area contributed by atoms with E-state index in [0.29, 0.717) is 0 Å². The minimum atomic E-state index is -0.210. The number of hydrogen-bond acceptors (Lipinski definition) is 2. The van der Waals surface area contributed by atoms with E-state index in [1.54, 1.807) is 0 Å². The van der Waals surface area contributed by atoms with Gasteiger partial charge in [0, 0.05) is 44.4 Å². The fourth-order valence-corrected chi connectivity index (χ4v) is 11.8. The molecule has 10 aromatic rings. The third-order valence-electron chi connectivity index (χ3n) is 15.9. The molecule has 0 saturated carbocycles. The molecule has 0 N–H and O–H groups in total. The number of benzene rings is 10. The van der Waals surface area contributed by atoms with Crippen LogP contribution in [0.2, 0.25) is 0 Å². The summed E-state index contributed by atoms with van der Waals surface area (Å²) < 4.78 is 0. The topological polar surface area (TPSA) is 6.48 Å². The minimum Gasteiger partial charge on any atom is -0.310 e. The molecule has 2 nitrogen and oxygen atoms in total. The lowest BCUT2D eigenvalue weighted by atomic mass is 9.80. The summed E-state index contributed by atoms with van der Waals surface area (Å²) in [5.41, 5.74) is 20.2. The van der Waals surface area contributed by atoms with Crippen molar-refractivity contribution in [2.45, 2.75) is 90.9 Å². The van der Waals surface area contributed by atoms with Gasteiger partial charge in [0.25, 0.3) is 0 Å². The highest BCUT2D eigenvalue weighted by atomic mass is 15.1. The van der Waals surface area contributed by atoms with Crippen LogP contribution in [-0.2, 0) is 21.7 Å². The Bertz CT molecular complexity index is 3470. The van der Waals surface area contributed by atoms with Crippen LogP contribution in [0.5, 0.6) is 0 Å². The molecule has 12 rings (SSSR count). The fraction of sp³-hybridized carbons (Fsp3) is 0.206. The van der Waals surface area contributed by atoms with Gasteiger partial charge in [-0.2, -0.15) is 0 Å². The first-order valence-corrected chi connectivity index (χ1v) is 25.2. The van der Waals surface area contributed by atoms with Gasteiger partial charge in [0.05, 0.1) is 11.4 Å². The normalized spacial score (nSPS) is 14.4. The summed E-state index contributed by atoms with van der Waals surface area (Å²) in [4.78, 5) is 4.92. The standard InChI is InChI=1S/C68H62N2/c1-65(2,3)47-25-29-49(30-26-47)69(63-23-15-19-43-17-11-13-21-53(43)63)51-33-35-55-57-37-45-38-58-56-36-34-52(42-62(56)68(9,10)60(58)40-46(45)39-59(57)67(7,8)61(55)41-51)70(50-31-27-48(28-32-50)66(4,5)6)64-24-16-20-44-18-12-14-22-54(44)64/h11-42H,1-10H3. The molecule has 0 unspecified atom stereocenters. The Morgan fingerprint density at radius 3 is 1.04 bits per heavy atom. The third-order valence-corrected chi connectivity index (χ3v) is 15.9. The van der Waals surface area contributed by atoms with E-state index in [-0.39, 0.29) is 21.7 Å². The summed E-state index contributed by atoms with van der Waals surface area (Å²) in [7, 11) is 0. The minimum absolute atomic E-state index is 0.0683. The molecular weight excluding hydrogens is 845 g/mol. The van der Waals surface area contributed by atoms with E-state index < -0.39 is 0 Å². The largest absolute Gasteiger partial charge is 0.310 e. The van der Waals surface area contributed by atoms with Crippen molar-refractivity contribution < 1.29 is 0 Å². The van der Waals surface area contributed by atoms with E-state index in [9.17, 15) is 0 Å². The number of rotatable bonds is 6. The van der Waals surface area contributed by atoms with Gasteiger partial charge in [0.15, 0.2) is 0 Å². The predicted octanol–water partition coefficient (Wildman–Crippen LogP) is 19.3. The van der Waals surface area contributed by atoms with E-state index in [2.05, 4.69) is 273 Å². The molecule has 2 aliphatic rings. The zero-order chi connectivity index (χ0) is 48.5. The van der Waals surface area contributed by atoms with Gasteiger partial charge in [0.2, 0.25) is 0 Å². The van der Waals surface area contributed by atoms with Crippen molar-refractivity contribution in [3.8, 4) is 22.3 Å². The molecule has 2 aliphatic carbocycles. The van der Waals surface area contributed by atoms with Crippen molar-refractivity contribution in [1.29, 1.82) is 0 Å². The number of hydrogen-bond donors (Lipinski definition) is 0. The Labute approximate surface area is 414 Å². The van der Waals surface area contributed by atoms with Crippen molar-refractivity contribution in [3.05, 3.63) is 228 Å². The molecule has 0 aromatic heterocycles. The monoisotopic (exact) mass is 906 g/mol. The second-order valence-electron chi connectivity index (χ2n) is 23.1. The van der Waals surface area contributed by atoms with Gasteiger partial charge in [-0.3, -0.25) is 0 Å². The highest BCUT2D eigenvalue weighted by molar-refractivity contribution is 6.03. The van der Waals surface area contributed by atoms with Crippen molar-refractivity contribution in [1.82, 2.24) is 0 Å². The average molecular weight is 907 g/mol. The summed E-state index contributed by atoms with van der Waals surface area (Å²) in [5.74, 6) is 0. The zero-order valence-electron chi connectivity index (χ0n) is 42.4. The van der Waals surface area contributed by atoms with Crippen LogP contribution < -0.4 is 9.80 Å². The number of fused-ring (bicyclic) bond motifs is 9. The molecule has 0 heterocycles. The lowest BCUT2D eigenvalue weighted by Crippen LogP contribution is -2.17. The van der Waals surface area contributed by atoms with Crippen LogP contribution >= 0.6 is 0 Å². The molecule has 344 valence electrons. The van der Waals surface area contributed by atoms with E-state index in [4.69, 9.17) is 0 Å². The molecule has 2 heteroatoms. The van der Waals surface area contributed by atoms with E-state index in [1.165, 1.54) is 111 Å². The molecule has 0 radical (unpaired) electrons. The van der Waals surface area contributed by atoms with Gasteiger partial charge in [-0.25, -0.2) is 0 Å². The van der Waals surface area contributed by atoms with Crippen LogP contribution in [-0.4, -0.2) is 0 Å². The maximum Gasteiger partial charge on any atom is 0.0540 e. The van der Waals surface area contributed by atoms with E-state index in [0.717, 1.165) is 11.4 Å². The van der Waals surface area contributed by atoms with E-state index in [1.807, 2.05) is 0 Å². The maximum atomic E-state index is 2.51. The van der Waals surface area contributed by atoms with Gasteiger partial charge in [0.1, 0.15) is 0 Å². The van der Waals surface area contributed by atoms with Crippen LogP contribution in [0.4, 0.5) is 34.1 Å². The average Bonchev–Trinajstić information content (AvgIpc) is 3.70. The first kappa shape index (κ1) is 43.8. The van der Waals surface area contributed by atoms with Crippen LogP contribution in [0.3, 0.4) is 0 Å². The highest BCUT2D eigenvalue weighted by Gasteiger charge is 2.39. The third kappa shape index (κ3) is 6.90. The summed E-state index contributed by atoms with van der Waals surface area (Å²) in [6, 6.07) is 73.6. The molecule has 0 atom stereocenters. The molecular formula is C68H62N2. The smallest absolute Gasteiger partial charge is 0.0540 e. The van der Waals surface area contributed by atoms with Crippen molar-refractivity contribution in [2.75, 3.05) is 9.80 Å². The fourth-order valence-electron chi connectivity index (χ4n) is 11.8. The van der Waals surface area contributed by atoms with Crippen LogP contribution in [0.25, 0.3) is 54.6 Å². The summed E-state index contributed by atoms with van der Waals surface area (Å²) in [5, 5.41) is 7.53. The molecule has 0 spiro atoms. The maximum absolute atomic E-state index is 2.51. The van der Waals surface area contributed by atoms with Crippen molar-refractivity contribution >= 4 is 66.4 Å². The number of anilines is 6. The van der Waals surface area contributed by atoms with Gasteiger partial charge < -0.3 is 9.80 Å². The molecule has 0 saturated heterocycles. The Morgan fingerprint density at radius 1 is 0.300 bits per heavy atom. The molecule has 0 amide bonds. The van der Waals surface area contributed by atoms with Gasteiger partial charge in [-0.15, -0.1) is 0 Å². The summed E-state index contributed by atoms with van der Waals surface area (Å²) in [6.45, 7) is 23.4. The summed E-state index contributed by atoms with van der Waals surface area (Å²) in [6.07, 6.45) is 0. The Kier molecular flexibility index (Phi) is 9.73. The van der Waals surface area contributed by atoms with E-state index >= 15 is 0 Å². The SMILES string of the molecule is CC(C)(C)c1ccc(N(c2ccc3c(c2)C(C)(C)c2cc4cc5c(cc4cc2-3)-c2ccc(N(c3ccc(C(C)(C)C)cc3)c3cccc4ccccc34)cc2C5(C)C)c2cccc3ccccc23)cc1. The van der Waals surface area contributed by atoms with Crippen LogP contribution in [0, 0.1) is 0 Å².